The lowest BCUT2D eigenvalue weighted by Crippen LogP contribution is -2.50. The first-order chi connectivity index (χ1) is 14.8. The lowest BCUT2D eigenvalue weighted by molar-refractivity contribution is -0.165. The van der Waals surface area contributed by atoms with Crippen LogP contribution < -0.4 is 0 Å². The Morgan fingerprint density at radius 3 is 2.10 bits per heavy atom. The lowest BCUT2D eigenvalue weighted by atomic mass is 9.99. The predicted octanol–water partition coefficient (Wildman–Crippen LogP) is 4.76. The molecule has 2 atom stereocenters. The Balaban J connectivity index is 1.48. The zero-order chi connectivity index (χ0) is 20.6. The highest BCUT2D eigenvalue weighted by molar-refractivity contribution is 5.76. The number of carbonyl (C=O) groups excluding carboxylic acids is 1. The SMILES string of the molecule is O=C1OC[C@@H](c2ccccc2)N(Cc2ccccc2)C1CCOCc1ccccc1. The van der Waals surface area contributed by atoms with E-state index in [9.17, 15) is 4.79 Å². The van der Waals surface area contributed by atoms with Gasteiger partial charge in [-0.25, -0.2) is 0 Å². The fourth-order valence-corrected chi connectivity index (χ4v) is 3.93. The number of cyclic esters (lactones) is 1. The zero-order valence-electron chi connectivity index (χ0n) is 17.0. The van der Waals surface area contributed by atoms with Gasteiger partial charge in [0.1, 0.15) is 12.6 Å². The summed E-state index contributed by atoms with van der Waals surface area (Å²) in [5, 5.41) is 0. The van der Waals surface area contributed by atoms with Crippen LogP contribution >= 0.6 is 0 Å². The molecule has 0 N–H and O–H groups in total. The second-order valence-electron chi connectivity index (χ2n) is 7.56. The monoisotopic (exact) mass is 401 g/mol. The number of benzene rings is 3. The summed E-state index contributed by atoms with van der Waals surface area (Å²) in [7, 11) is 0. The van der Waals surface area contributed by atoms with E-state index in [0.29, 0.717) is 32.8 Å². The van der Waals surface area contributed by atoms with Crippen molar-refractivity contribution in [3.63, 3.8) is 0 Å². The highest BCUT2D eigenvalue weighted by atomic mass is 16.5. The van der Waals surface area contributed by atoms with Crippen molar-refractivity contribution in [3.05, 3.63) is 108 Å². The predicted molar refractivity (Wildman–Crippen MR) is 117 cm³/mol. The van der Waals surface area contributed by atoms with Crippen molar-refractivity contribution >= 4 is 5.97 Å². The molecule has 154 valence electrons. The van der Waals surface area contributed by atoms with Crippen LogP contribution in [0.5, 0.6) is 0 Å². The molecule has 1 aliphatic rings. The molecule has 4 rings (SSSR count). The number of nitrogens with zero attached hydrogens (tertiary/aromatic N) is 1. The molecular weight excluding hydrogens is 374 g/mol. The first kappa shape index (κ1) is 20.3. The summed E-state index contributed by atoms with van der Waals surface area (Å²) in [6.45, 7) is 2.11. The van der Waals surface area contributed by atoms with Gasteiger partial charge in [-0.3, -0.25) is 9.69 Å². The van der Waals surface area contributed by atoms with Gasteiger partial charge in [-0.15, -0.1) is 0 Å². The smallest absolute Gasteiger partial charge is 0.323 e. The number of morpholine rings is 1. The summed E-state index contributed by atoms with van der Waals surface area (Å²) in [6, 6.07) is 30.3. The molecule has 0 aromatic heterocycles. The largest absolute Gasteiger partial charge is 0.462 e. The molecule has 0 aliphatic carbocycles. The Labute approximate surface area is 178 Å². The number of rotatable bonds is 8. The molecule has 0 spiro atoms. The van der Waals surface area contributed by atoms with Crippen LogP contribution in [0.3, 0.4) is 0 Å². The topological polar surface area (TPSA) is 38.8 Å². The second kappa shape index (κ2) is 10.2. The van der Waals surface area contributed by atoms with Crippen LogP contribution in [0, 0.1) is 0 Å². The normalized spacial score (nSPS) is 19.4. The Morgan fingerprint density at radius 1 is 0.833 bits per heavy atom. The first-order valence-corrected chi connectivity index (χ1v) is 10.4. The molecule has 1 fully saturated rings. The van der Waals surface area contributed by atoms with Gasteiger partial charge in [0.2, 0.25) is 0 Å². The van der Waals surface area contributed by atoms with Crippen molar-refractivity contribution in [1.29, 1.82) is 0 Å². The molecule has 4 heteroatoms. The van der Waals surface area contributed by atoms with E-state index in [1.807, 2.05) is 66.7 Å². The maximum absolute atomic E-state index is 12.7. The lowest BCUT2D eigenvalue weighted by Gasteiger charge is -2.41. The van der Waals surface area contributed by atoms with Crippen LogP contribution in [-0.4, -0.2) is 30.1 Å². The number of carbonyl (C=O) groups is 1. The average molecular weight is 402 g/mol. The van der Waals surface area contributed by atoms with E-state index in [4.69, 9.17) is 9.47 Å². The van der Waals surface area contributed by atoms with E-state index in [1.165, 1.54) is 5.56 Å². The van der Waals surface area contributed by atoms with E-state index in [2.05, 4.69) is 29.2 Å². The highest BCUT2D eigenvalue weighted by Crippen LogP contribution is 2.31. The van der Waals surface area contributed by atoms with Crippen molar-refractivity contribution in [2.24, 2.45) is 0 Å². The van der Waals surface area contributed by atoms with Crippen molar-refractivity contribution in [2.45, 2.75) is 31.7 Å². The summed E-state index contributed by atoms with van der Waals surface area (Å²) in [6.07, 6.45) is 0.599. The van der Waals surface area contributed by atoms with Gasteiger partial charge in [-0.2, -0.15) is 0 Å². The fraction of sp³-hybridized carbons (Fsp3) is 0.269. The second-order valence-corrected chi connectivity index (χ2v) is 7.56. The van der Waals surface area contributed by atoms with Gasteiger partial charge in [0.05, 0.1) is 12.6 Å². The molecule has 3 aromatic carbocycles. The van der Waals surface area contributed by atoms with E-state index in [0.717, 1.165) is 11.1 Å². The van der Waals surface area contributed by atoms with Gasteiger partial charge >= 0.3 is 5.97 Å². The molecule has 4 nitrogen and oxygen atoms in total. The van der Waals surface area contributed by atoms with E-state index >= 15 is 0 Å². The molecule has 1 aliphatic heterocycles. The summed E-state index contributed by atoms with van der Waals surface area (Å²) in [4.78, 5) is 15.0. The fourth-order valence-electron chi connectivity index (χ4n) is 3.93. The van der Waals surface area contributed by atoms with Gasteiger partial charge in [0, 0.05) is 13.2 Å². The van der Waals surface area contributed by atoms with Gasteiger partial charge in [-0.05, 0) is 23.1 Å². The first-order valence-electron chi connectivity index (χ1n) is 10.4. The quantitative estimate of drug-likeness (QED) is 0.403. The zero-order valence-corrected chi connectivity index (χ0v) is 17.0. The standard InChI is InChI=1S/C26H27NO3/c28-26-24(16-17-29-19-22-12-6-2-7-13-22)27(18-21-10-4-1-5-11-21)25(20-30-26)23-14-8-3-9-15-23/h1-15,24-25H,16-20H2/t24?,25-/m0/s1. The molecule has 1 saturated heterocycles. The van der Waals surface area contributed by atoms with Crippen LogP contribution in [0.2, 0.25) is 0 Å². The Morgan fingerprint density at radius 2 is 1.43 bits per heavy atom. The Bertz CT molecular complexity index is 915. The van der Waals surface area contributed by atoms with E-state index in [1.54, 1.807) is 0 Å². The van der Waals surface area contributed by atoms with Crippen LogP contribution in [0.15, 0.2) is 91.0 Å². The maximum atomic E-state index is 12.7. The summed E-state index contributed by atoms with van der Waals surface area (Å²) >= 11 is 0. The van der Waals surface area contributed by atoms with Crippen LogP contribution in [0.4, 0.5) is 0 Å². The summed E-state index contributed by atoms with van der Waals surface area (Å²) in [5.41, 5.74) is 3.48. The average Bonchev–Trinajstić information content (AvgIpc) is 2.80. The molecule has 0 bridgehead atoms. The number of ether oxygens (including phenoxy) is 2. The van der Waals surface area contributed by atoms with Crippen molar-refractivity contribution in [3.8, 4) is 0 Å². The minimum Gasteiger partial charge on any atom is -0.462 e. The van der Waals surface area contributed by atoms with Crippen molar-refractivity contribution < 1.29 is 14.3 Å². The molecule has 1 heterocycles. The van der Waals surface area contributed by atoms with E-state index in [-0.39, 0.29) is 18.1 Å². The van der Waals surface area contributed by atoms with Crippen LogP contribution in [0.25, 0.3) is 0 Å². The maximum Gasteiger partial charge on any atom is 0.323 e. The third kappa shape index (κ3) is 5.15. The number of esters is 1. The summed E-state index contributed by atoms with van der Waals surface area (Å²) < 4.78 is 11.5. The van der Waals surface area contributed by atoms with Crippen LogP contribution in [-0.2, 0) is 27.4 Å². The molecule has 30 heavy (non-hydrogen) atoms. The van der Waals surface area contributed by atoms with Crippen LogP contribution in [0.1, 0.15) is 29.2 Å². The molecule has 1 unspecified atom stereocenters. The molecule has 3 aromatic rings. The van der Waals surface area contributed by atoms with Gasteiger partial charge in [0.25, 0.3) is 0 Å². The number of hydrogen-bond donors (Lipinski definition) is 0. The molecule has 0 amide bonds. The van der Waals surface area contributed by atoms with Gasteiger partial charge in [-0.1, -0.05) is 91.0 Å². The van der Waals surface area contributed by atoms with Gasteiger partial charge in [0.15, 0.2) is 0 Å². The minimum atomic E-state index is -0.333. The minimum absolute atomic E-state index is 0.0308. The Kier molecular flexibility index (Phi) is 6.91. The Hall–Kier alpha value is -2.95. The number of hydrogen-bond acceptors (Lipinski definition) is 4. The molecule has 0 radical (unpaired) electrons. The van der Waals surface area contributed by atoms with E-state index < -0.39 is 0 Å². The molecular formula is C26H27NO3. The van der Waals surface area contributed by atoms with Gasteiger partial charge < -0.3 is 9.47 Å². The van der Waals surface area contributed by atoms with Crippen molar-refractivity contribution in [1.82, 2.24) is 4.90 Å². The third-order valence-electron chi connectivity index (χ3n) is 5.50. The summed E-state index contributed by atoms with van der Waals surface area (Å²) in [5.74, 6) is -0.165. The highest BCUT2D eigenvalue weighted by Gasteiger charge is 2.38. The third-order valence-corrected chi connectivity index (χ3v) is 5.50. The van der Waals surface area contributed by atoms with Crippen molar-refractivity contribution in [2.75, 3.05) is 13.2 Å². The molecule has 0 saturated carbocycles.